The van der Waals surface area contributed by atoms with E-state index in [9.17, 15) is 9.59 Å². The molecule has 1 saturated heterocycles. The van der Waals surface area contributed by atoms with Crippen molar-refractivity contribution >= 4 is 40.7 Å². The molecule has 2 aromatic carbocycles. The molecule has 2 amide bonds. The molecule has 2 aromatic rings. The molecule has 0 saturated carbocycles. The lowest BCUT2D eigenvalue weighted by Crippen LogP contribution is -2.39. The normalized spacial score (nSPS) is 15.1. The first-order chi connectivity index (χ1) is 14.3. The van der Waals surface area contributed by atoms with Crippen molar-refractivity contribution < 1.29 is 9.59 Å². The van der Waals surface area contributed by atoms with Crippen LogP contribution in [0, 0.1) is 0 Å². The molecule has 1 fully saturated rings. The SMILES string of the molecule is CC(=O)Nc1ccc(C(CN2CCCC2)N(C)C(=O)Cc2ccc(Cl)c(Cl)c2)cc1. The van der Waals surface area contributed by atoms with Crippen LogP contribution in [0.5, 0.6) is 0 Å². The van der Waals surface area contributed by atoms with Crippen molar-refractivity contribution in [2.75, 3.05) is 32.0 Å². The molecule has 1 heterocycles. The van der Waals surface area contributed by atoms with E-state index in [1.54, 1.807) is 12.1 Å². The fourth-order valence-electron chi connectivity index (χ4n) is 3.78. The number of amides is 2. The van der Waals surface area contributed by atoms with Gasteiger partial charge >= 0.3 is 0 Å². The minimum absolute atomic E-state index is 0.0172. The van der Waals surface area contributed by atoms with E-state index < -0.39 is 0 Å². The maximum atomic E-state index is 13.1. The molecule has 1 aliphatic rings. The number of benzene rings is 2. The zero-order valence-electron chi connectivity index (χ0n) is 17.3. The van der Waals surface area contributed by atoms with E-state index in [4.69, 9.17) is 23.2 Å². The lowest BCUT2D eigenvalue weighted by atomic mass is 10.0. The number of carbonyl (C=O) groups is 2. The first-order valence-electron chi connectivity index (χ1n) is 10.1. The van der Waals surface area contributed by atoms with E-state index >= 15 is 0 Å². The fraction of sp³-hybridized carbons (Fsp3) is 0.391. The Morgan fingerprint density at radius 1 is 1.07 bits per heavy atom. The smallest absolute Gasteiger partial charge is 0.227 e. The standard InChI is InChI=1S/C23H27Cl2N3O2/c1-16(29)26-19-8-6-18(7-9-19)22(15-28-11-3-4-12-28)27(2)23(30)14-17-5-10-20(24)21(25)13-17/h5-10,13,22H,3-4,11-12,14-15H2,1-2H3,(H,26,29). The number of hydrogen-bond donors (Lipinski definition) is 1. The van der Waals surface area contributed by atoms with Crippen molar-refractivity contribution in [3.05, 3.63) is 63.6 Å². The Bertz CT molecular complexity index is 896. The minimum Gasteiger partial charge on any atom is -0.337 e. The van der Waals surface area contributed by atoms with Gasteiger partial charge in [-0.3, -0.25) is 9.59 Å². The third kappa shape index (κ3) is 5.97. The van der Waals surface area contributed by atoms with Gasteiger partial charge in [-0.05, 0) is 61.3 Å². The average Bonchev–Trinajstić information content (AvgIpc) is 3.22. The summed E-state index contributed by atoms with van der Waals surface area (Å²) in [6, 6.07) is 12.9. The number of rotatable bonds is 7. The molecular weight excluding hydrogens is 421 g/mol. The number of halogens is 2. The van der Waals surface area contributed by atoms with Crippen LogP contribution in [-0.2, 0) is 16.0 Å². The number of likely N-dealkylation sites (tertiary alicyclic amines) is 1. The van der Waals surface area contributed by atoms with Crippen LogP contribution in [0.1, 0.15) is 36.9 Å². The van der Waals surface area contributed by atoms with Crippen molar-refractivity contribution in [2.45, 2.75) is 32.2 Å². The molecule has 5 nitrogen and oxygen atoms in total. The van der Waals surface area contributed by atoms with Gasteiger partial charge in [0.05, 0.1) is 22.5 Å². The molecular formula is C23H27Cl2N3O2. The molecule has 1 N–H and O–H groups in total. The van der Waals surface area contributed by atoms with Crippen LogP contribution in [-0.4, -0.2) is 48.3 Å². The number of nitrogens with zero attached hydrogens (tertiary/aromatic N) is 2. The average molecular weight is 448 g/mol. The van der Waals surface area contributed by atoms with Crippen LogP contribution in [0.25, 0.3) is 0 Å². The molecule has 160 valence electrons. The van der Waals surface area contributed by atoms with Crippen LogP contribution in [0.4, 0.5) is 5.69 Å². The maximum Gasteiger partial charge on any atom is 0.227 e. The quantitative estimate of drug-likeness (QED) is 0.663. The molecule has 0 bridgehead atoms. The molecule has 1 aliphatic heterocycles. The first kappa shape index (κ1) is 22.6. The van der Waals surface area contributed by atoms with Gasteiger partial charge in [0.25, 0.3) is 0 Å². The maximum absolute atomic E-state index is 13.1. The monoisotopic (exact) mass is 447 g/mol. The Morgan fingerprint density at radius 2 is 1.73 bits per heavy atom. The largest absolute Gasteiger partial charge is 0.337 e. The van der Waals surface area contributed by atoms with Crippen LogP contribution < -0.4 is 5.32 Å². The third-order valence-corrected chi connectivity index (χ3v) is 6.18. The highest BCUT2D eigenvalue weighted by Gasteiger charge is 2.26. The lowest BCUT2D eigenvalue weighted by molar-refractivity contribution is -0.131. The number of carbonyl (C=O) groups excluding carboxylic acids is 2. The summed E-state index contributed by atoms with van der Waals surface area (Å²) in [6.07, 6.45) is 2.64. The summed E-state index contributed by atoms with van der Waals surface area (Å²) in [5, 5.41) is 3.72. The van der Waals surface area contributed by atoms with Gasteiger partial charge in [0, 0.05) is 26.2 Å². The summed E-state index contributed by atoms with van der Waals surface area (Å²) in [7, 11) is 1.85. The summed E-state index contributed by atoms with van der Waals surface area (Å²) >= 11 is 12.1. The van der Waals surface area contributed by atoms with Crippen molar-refractivity contribution in [3.8, 4) is 0 Å². The first-order valence-corrected chi connectivity index (χ1v) is 10.9. The van der Waals surface area contributed by atoms with Gasteiger partial charge < -0.3 is 15.1 Å². The number of likely N-dealkylation sites (N-methyl/N-ethyl adjacent to an activating group) is 1. The van der Waals surface area contributed by atoms with E-state index in [-0.39, 0.29) is 24.3 Å². The van der Waals surface area contributed by atoms with E-state index in [1.807, 2.05) is 42.3 Å². The fourth-order valence-corrected chi connectivity index (χ4v) is 4.10. The van der Waals surface area contributed by atoms with Gasteiger partial charge in [-0.15, -0.1) is 0 Å². The summed E-state index contributed by atoms with van der Waals surface area (Å²) < 4.78 is 0. The van der Waals surface area contributed by atoms with Crippen LogP contribution in [0.2, 0.25) is 10.0 Å². The topological polar surface area (TPSA) is 52.7 Å². The molecule has 0 radical (unpaired) electrons. The molecule has 1 unspecified atom stereocenters. The van der Waals surface area contributed by atoms with Crippen molar-refractivity contribution in [1.29, 1.82) is 0 Å². The number of hydrogen-bond acceptors (Lipinski definition) is 3. The molecule has 0 aromatic heterocycles. The van der Waals surface area contributed by atoms with Crippen LogP contribution >= 0.6 is 23.2 Å². The number of nitrogens with one attached hydrogen (secondary N) is 1. The summed E-state index contributed by atoms with van der Waals surface area (Å²) in [4.78, 5) is 28.6. The van der Waals surface area contributed by atoms with E-state index in [1.165, 1.54) is 19.8 Å². The zero-order chi connectivity index (χ0) is 21.7. The summed E-state index contributed by atoms with van der Waals surface area (Å²) in [5.74, 6) is -0.0891. The van der Waals surface area contributed by atoms with Gasteiger partial charge in [-0.1, -0.05) is 41.4 Å². The Morgan fingerprint density at radius 3 is 2.33 bits per heavy atom. The molecule has 7 heteroatoms. The molecule has 0 aliphatic carbocycles. The predicted molar refractivity (Wildman–Crippen MR) is 122 cm³/mol. The van der Waals surface area contributed by atoms with Gasteiger partial charge in [0.15, 0.2) is 0 Å². The zero-order valence-corrected chi connectivity index (χ0v) is 18.8. The van der Waals surface area contributed by atoms with Crippen molar-refractivity contribution in [1.82, 2.24) is 9.80 Å². The predicted octanol–water partition coefficient (Wildman–Crippen LogP) is 4.79. The molecule has 1 atom stereocenters. The van der Waals surface area contributed by atoms with Gasteiger partial charge in [0.2, 0.25) is 11.8 Å². The van der Waals surface area contributed by atoms with Crippen LogP contribution in [0.3, 0.4) is 0 Å². The second-order valence-electron chi connectivity index (χ2n) is 7.76. The second-order valence-corrected chi connectivity index (χ2v) is 8.57. The highest BCUT2D eigenvalue weighted by atomic mass is 35.5. The Kier molecular flexibility index (Phi) is 7.75. The third-order valence-electron chi connectivity index (χ3n) is 5.45. The van der Waals surface area contributed by atoms with Gasteiger partial charge in [-0.25, -0.2) is 0 Å². The molecule has 3 rings (SSSR count). The van der Waals surface area contributed by atoms with Gasteiger partial charge in [-0.2, -0.15) is 0 Å². The van der Waals surface area contributed by atoms with Crippen molar-refractivity contribution in [3.63, 3.8) is 0 Å². The Balaban J connectivity index is 1.78. The highest BCUT2D eigenvalue weighted by molar-refractivity contribution is 6.42. The van der Waals surface area contributed by atoms with Crippen LogP contribution in [0.15, 0.2) is 42.5 Å². The summed E-state index contributed by atoms with van der Waals surface area (Å²) in [5.41, 5.74) is 2.62. The number of anilines is 1. The van der Waals surface area contributed by atoms with E-state index in [0.717, 1.165) is 36.4 Å². The van der Waals surface area contributed by atoms with E-state index in [0.29, 0.717) is 10.0 Å². The lowest BCUT2D eigenvalue weighted by Gasteiger charge is -2.32. The van der Waals surface area contributed by atoms with Crippen molar-refractivity contribution in [2.24, 2.45) is 0 Å². The van der Waals surface area contributed by atoms with Gasteiger partial charge in [0.1, 0.15) is 0 Å². The Labute approximate surface area is 187 Å². The van der Waals surface area contributed by atoms with E-state index in [2.05, 4.69) is 10.2 Å². The minimum atomic E-state index is -0.106. The highest BCUT2D eigenvalue weighted by Crippen LogP contribution is 2.27. The summed E-state index contributed by atoms with van der Waals surface area (Å²) in [6.45, 7) is 4.37. The molecule has 0 spiro atoms. The Hall–Kier alpha value is -2.08. The second kappa shape index (κ2) is 10.3. The molecule has 30 heavy (non-hydrogen) atoms.